The van der Waals surface area contributed by atoms with Crippen LogP contribution in [0.15, 0.2) is 34.0 Å². The highest BCUT2D eigenvalue weighted by Crippen LogP contribution is 2.37. The second kappa shape index (κ2) is 12.4. The van der Waals surface area contributed by atoms with Crippen molar-refractivity contribution in [2.45, 2.75) is 53.5 Å². The molecule has 2 aliphatic heterocycles. The third-order valence-electron chi connectivity index (χ3n) is 7.39. The van der Waals surface area contributed by atoms with Crippen molar-refractivity contribution in [2.75, 3.05) is 31.6 Å². The Hall–Kier alpha value is -3.09. The maximum atomic E-state index is 13.6. The molecule has 2 aliphatic rings. The number of carbonyl (C=O) groups is 1. The summed E-state index contributed by atoms with van der Waals surface area (Å²) in [7, 11) is 1.63. The summed E-state index contributed by atoms with van der Waals surface area (Å²) in [6.45, 7) is 10.9. The maximum Gasteiger partial charge on any atom is 0.270 e. The number of anilines is 1. The number of nitrogens with zero attached hydrogens (tertiary/aromatic N) is 4. The van der Waals surface area contributed by atoms with Crippen LogP contribution >= 0.6 is 24.0 Å². The number of rotatable bonds is 8. The number of aromatic nitrogens is 1. The van der Waals surface area contributed by atoms with Crippen LogP contribution in [0.5, 0.6) is 5.75 Å². The molecule has 0 saturated carbocycles. The van der Waals surface area contributed by atoms with E-state index in [1.165, 1.54) is 11.8 Å². The van der Waals surface area contributed by atoms with Crippen LogP contribution in [0.1, 0.15) is 55.9 Å². The van der Waals surface area contributed by atoms with Gasteiger partial charge in [-0.2, -0.15) is 5.26 Å². The number of benzene rings is 1. The highest BCUT2D eigenvalue weighted by Gasteiger charge is 2.34. The quantitative estimate of drug-likeness (QED) is 0.315. The van der Waals surface area contributed by atoms with Crippen molar-refractivity contribution in [1.29, 1.82) is 5.26 Å². The number of amides is 1. The lowest BCUT2D eigenvalue weighted by Crippen LogP contribution is -2.43. The Morgan fingerprint density at radius 3 is 2.41 bits per heavy atom. The molecule has 0 bridgehead atoms. The number of carbonyl (C=O) groups excluding carboxylic acids is 1. The largest absolute Gasteiger partial charge is 0.497 e. The number of methoxy groups -OCH3 is 1. The van der Waals surface area contributed by atoms with Gasteiger partial charge in [0.15, 0.2) is 0 Å². The smallest absolute Gasteiger partial charge is 0.270 e. The molecular formula is C30H36N4O3S2. The second-order valence-corrected chi connectivity index (χ2v) is 12.3. The SMILES string of the molecule is CCCn1c(N2CC(C)CC(C)C2)c(/C=C2\SC(=S)N(CCc3ccc(OC)cc3)C2=O)c(C)c(C#N)c1=O. The summed E-state index contributed by atoms with van der Waals surface area (Å²) in [5.74, 6) is 2.39. The highest BCUT2D eigenvalue weighted by atomic mass is 32.2. The van der Waals surface area contributed by atoms with E-state index in [2.05, 4.69) is 24.8 Å². The van der Waals surface area contributed by atoms with Gasteiger partial charge in [0.25, 0.3) is 11.5 Å². The monoisotopic (exact) mass is 564 g/mol. The number of nitriles is 1. The van der Waals surface area contributed by atoms with Gasteiger partial charge in [-0.15, -0.1) is 0 Å². The standard InChI is InChI=1S/C30H36N4O3S2/c1-6-12-33-27(32-17-19(2)14-20(3)18-32)24(21(4)25(16-31)28(33)35)15-26-29(36)34(30(38)39-26)13-11-22-7-9-23(37-5)10-8-22/h7-10,15,19-20H,6,11-14,17-18H2,1-5H3/b26-15-. The van der Waals surface area contributed by atoms with E-state index in [0.717, 1.165) is 48.6 Å². The summed E-state index contributed by atoms with van der Waals surface area (Å²) in [4.78, 5) is 31.4. The fourth-order valence-electron chi connectivity index (χ4n) is 5.61. The Balaban J connectivity index is 1.73. The summed E-state index contributed by atoms with van der Waals surface area (Å²) in [6, 6.07) is 9.92. The van der Waals surface area contributed by atoms with E-state index in [-0.39, 0.29) is 17.0 Å². The van der Waals surface area contributed by atoms with Crippen LogP contribution in [-0.4, -0.2) is 46.4 Å². The van der Waals surface area contributed by atoms with Crippen molar-refractivity contribution >= 4 is 46.1 Å². The third-order valence-corrected chi connectivity index (χ3v) is 8.77. The van der Waals surface area contributed by atoms with Gasteiger partial charge in [0.1, 0.15) is 27.5 Å². The van der Waals surface area contributed by atoms with Crippen LogP contribution in [-0.2, 0) is 17.8 Å². The highest BCUT2D eigenvalue weighted by molar-refractivity contribution is 8.26. The predicted octanol–water partition coefficient (Wildman–Crippen LogP) is 5.37. The minimum Gasteiger partial charge on any atom is -0.497 e. The molecule has 9 heteroatoms. The van der Waals surface area contributed by atoms with Crippen LogP contribution in [0.2, 0.25) is 0 Å². The molecule has 206 valence electrons. The van der Waals surface area contributed by atoms with Crippen LogP contribution in [0.3, 0.4) is 0 Å². The number of ether oxygens (including phenoxy) is 1. The molecule has 3 heterocycles. The summed E-state index contributed by atoms with van der Waals surface area (Å²) < 4.78 is 7.49. The van der Waals surface area contributed by atoms with E-state index >= 15 is 0 Å². The van der Waals surface area contributed by atoms with Gasteiger partial charge >= 0.3 is 0 Å². The number of hydrogen-bond acceptors (Lipinski definition) is 7. The molecule has 0 N–H and O–H groups in total. The van der Waals surface area contributed by atoms with Gasteiger partial charge < -0.3 is 9.64 Å². The maximum absolute atomic E-state index is 13.6. The zero-order valence-corrected chi connectivity index (χ0v) is 25.0. The first-order chi connectivity index (χ1) is 18.7. The molecule has 2 aromatic rings. The van der Waals surface area contributed by atoms with Crippen molar-refractivity contribution < 1.29 is 9.53 Å². The summed E-state index contributed by atoms with van der Waals surface area (Å²) >= 11 is 6.89. The van der Waals surface area contributed by atoms with E-state index in [4.69, 9.17) is 17.0 Å². The van der Waals surface area contributed by atoms with E-state index in [1.54, 1.807) is 16.6 Å². The molecule has 39 heavy (non-hydrogen) atoms. The minimum absolute atomic E-state index is 0.131. The molecule has 1 amide bonds. The van der Waals surface area contributed by atoms with Crippen LogP contribution < -0.4 is 15.2 Å². The Kier molecular flexibility index (Phi) is 9.19. The van der Waals surface area contributed by atoms with Gasteiger partial charge in [-0.05, 0) is 67.4 Å². The molecule has 1 aromatic heterocycles. The molecule has 0 aliphatic carbocycles. The number of pyridine rings is 1. The average molecular weight is 565 g/mol. The number of piperidine rings is 1. The zero-order valence-electron chi connectivity index (χ0n) is 23.3. The number of thiocarbonyl (C=S) groups is 1. The first-order valence-electron chi connectivity index (χ1n) is 13.5. The normalized spacial score (nSPS) is 20.6. The minimum atomic E-state index is -0.262. The Morgan fingerprint density at radius 1 is 1.15 bits per heavy atom. The lowest BCUT2D eigenvalue weighted by atomic mass is 9.91. The van der Waals surface area contributed by atoms with Gasteiger partial charge in [-0.25, -0.2) is 0 Å². The Bertz CT molecular complexity index is 1380. The molecule has 1 aromatic carbocycles. The lowest BCUT2D eigenvalue weighted by Gasteiger charge is -2.39. The summed E-state index contributed by atoms with van der Waals surface area (Å²) in [5, 5.41) is 9.90. The van der Waals surface area contributed by atoms with Crippen LogP contribution in [0, 0.1) is 30.1 Å². The number of thioether (sulfide) groups is 1. The van der Waals surface area contributed by atoms with E-state index < -0.39 is 0 Å². The Labute approximate surface area is 240 Å². The van der Waals surface area contributed by atoms with Gasteiger partial charge in [0, 0.05) is 31.7 Å². The van der Waals surface area contributed by atoms with Gasteiger partial charge in [-0.3, -0.25) is 19.1 Å². The van der Waals surface area contributed by atoms with Gasteiger partial charge in [-0.1, -0.05) is 56.9 Å². The van der Waals surface area contributed by atoms with Crippen molar-refractivity contribution in [2.24, 2.45) is 11.8 Å². The lowest BCUT2D eigenvalue weighted by molar-refractivity contribution is -0.122. The number of hydrogen-bond donors (Lipinski definition) is 0. The van der Waals surface area contributed by atoms with Crippen LogP contribution in [0.4, 0.5) is 5.82 Å². The van der Waals surface area contributed by atoms with E-state index in [1.807, 2.05) is 44.2 Å². The third kappa shape index (κ3) is 6.07. The molecule has 2 unspecified atom stereocenters. The fraction of sp³-hybridized carbons (Fsp3) is 0.467. The molecule has 7 nitrogen and oxygen atoms in total. The van der Waals surface area contributed by atoms with Crippen molar-refractivity contribution in [3.63, 3.8) is 0 Å². The first kappa shape index (κ1) is 28.9. The second-order valence-electron chi connectivity index (χ2n) is 10.6. The van der Waals surface area contributed by atoms with Crippen molar-refractivity contribution in [3.8, 4) is 11.8 Å². The predicted molar refractivity (Wildman–Crippen MR) is 162 cm³/mol. The molecule has 2 fully saturated rings. The topological polar surface area (TPSA) is 78.6 Å². The fourth-order valence-corrected chi connectivity index (χ4v) is 6.90. The van der Waals surface area contributed by atoms with Gasteiger partial charge in [0.05, 0.1) is 12.0 Å². The molecule has 0 spiro atoms. The average Bonchev–Trinajstić information content (AvgIpc) is 3.17. The van der Waals surface area contributed by atoms with Crippen molar-refractivity contribution in [3.05, 3.63) is 61.8 Å². The van der Waals surface area contributed by atoms with Crippen molar-refractivity contribution in [1.82, 2.24) is 9.47 Å². The first-order valence-corrected chi connectivity index (χ1v) is 14.7. The summed E-state index contributed by atoms with van der Waals surface area (Å²) in [6.07, 6.45) is 4.41. The van der Waals surface area contributed by atoms with E-state index in [9.17, 15) is 14.9 Å². The summed E-state index contributed by atoms with van der Waals surface area (Å²) in [5.41, 5.74) is 2.33. The molecule has 4 rings (SSSR count). The molecule has 2 atom stereocenters. The van der Waals surface area contributed by atoms with Crippen LogP contribution in [0.25, 0.3) is 6.08 Å². The zero-order chi connectivity index (χ0) is 28.3. The molecule has 2 saturated heterocycles. The van der Waals surface area contributed by atoms with E-state index in [0.29, 0.717) is 46.1 Å². The molecular weight excluding hydrogens is 528 g/mol. The van der Waals surface area contributed by atoms with Gasteiger partial charge in [0.2, 0.25) is 0 Å². The Morgan fingerprint density at radius 2 is 1.82 bits per heavy atom. The molecule has 0 radical (unpaired) electrons.